The number of non-ortho nitro benzene ring substituents is 1. The van der Waals surface area contributed by atoms with Crippen molar-refractivity contribution < 1.29 is 23.9 Å². The number of hydrogen-bond acceptors (Lipinski definition) is 8. The standard InChI is InChI=1S/C22H27N3O6/c1-5-28-21(29-6-2)19(14-11-17-9-12-18(13-10-17)25(26)27)20(15-23,16-24)22(21,30-7-3)31-8-4/h9-14,19H,5-8H2,1-4H3/b14-11+/t19-/m0/s1. The van der Waals surface area contributed by atoms with Gasteiger partial charge in [0.05, 0.1) is 23.0 Å². The molecule has 0 spiro atoms. The second kappa shape index (κ2) is 9.99. The third-order valence-corrected chi connectivity index (χ3v) is 5.20. The van der Waals surface area contributed by atoms with E-state index in [0.717, 1.165) is 0 Å². The van der Waals surface area contributed by atoms with Gasteiger partial charge in [0.2, 0.25) is 11.2 Å². The second-order valence-electron chi connectivity index (χ2n) is 6.73. The highest BCUT2D eigenvalue weighted by atomic mass is 16.8. The van der Waals surface area contributed by atoms with Crippen molar-refractivity contribution in [2.24, 2.45) is 11.3 Å². The molecule has 0 unspecified atom stereocenters. The number of nitrogens with zero attached hydrogens (tertiary/aromatic N) is 3. The molecule has 0 aliphatic heterocycles. The van der Waals surface area contributed by atoms with Crippen LogP contribution in [0.1, 0.15) is 33.3 Å². The predicted molar refractivity (Wildman–Crippen MR) is 111 cm³/mol. The summed E-state index contributed by atoms with van der Waals surface area (Å²) in [7, 11) is 0. The zero-order valence-corrected chi connectivity index (χ0v) is 18.2. The summed E-state index contributed by atoms with van der Waals surface area (Å²) >= 11 is 0. The number of hydrogen-bond donors (Lipinski definition) is 0. The summed E-state index contributed by atoms with van der Waals surface area (Å²) in [6.07, 6.45) is 3.32. The Morgan fingerprint density at radius 3 is 1.84 bits per heavy atom. The van der Waals surface area contributed by atoms with Crippen molar-refractivity contribution in [3.63, 3.8) is 0 Å². The lowest BCUT2D eigenvalue weighted by atomic mass is 9.51. The van der Waals surface area contributed by atoms with Crippen LogP contribution < -0.4 is 0 Å². The second-order valence-corrected chi connectivity index (χ2v) is 6.73. The highest BCUT2D eigenvalue weighted by molar-refractivity contribution is 5.54. The summed E-state index contributed by atoms with van der Waals surface area (Å²) in [5, 5.41) is 31.1. The zero-order chi connectivity index (χ0) is 23.1. The molecule has 1 atom stereocenters. The summed E-state index contributed by atoms with van der Waals surface area (Å²) in [6, 6.07) is 10.1. The Morgan fingerprint density at radius 2 is 1.45 bits per heavy atom. The average molecular weight is 429 g/mol. The predicted octanol–water partition coefficient (Wildman–Crippen LogP) is 3.81. The van der Waals surface area contributed by atoms with Gasteiger partial charge in [-0.05, 0) is 45.4 Å². The lowest BCUT2D eigenvalue weighted by Crippen LogP contribution is -2.84. The monoisotopic (exact) mass is 429 g/mol. The molecule has 1 fully saturated rings. The van der Waals surface area contributed by atoms with Crippen molar-refractivity contribution >= 4 is 11.8 Å². The van der Waals surface area contributed by atoms with Gasteiger partial charge < -0.3 is 18.9 Å². The Hall–Kier alpha value is -2.82. The minimum absolute atomic E-state index is 0.0334. The molecule has 0 radical (unpaired) electrons. The van der Waals surface area contributed by atoms with E-state index in [1.165, 1.54) is 12.1 Å². The maximum atomic E-state index is 10.9. The van der Waals surface area contributed by atoms with Gasteiger partial charge in [0.15, 0.2) is 0 Å². The molecule has 1 saturated carbocycles. The van der Waals surface area contributed by atoms with Crippen LogP contribution in [0.5, 0.6) is 0 Å². The molecule has 0 saturated heterocycles. The summed E-state index contributed by atoms with van der Waals surface area (Å²) < 4.78 is 23.9. The molecule has 166 valence electrons. The third kappa shape index (κ3) is 3.71. The molecule has 0 bridgehead atoms. The van der Waals surface area contributed by atoms with Crippen LogP contribution in [0.15, 0.2) is 30.3 Å². The lowest BCUT2D eigenvalue weighted by Gasteiger charge is -2.65. The molecule has 9 nitrogen and oxygen atoms in total. The Labute approximate surface area is 181 Å². The fourth-order valence-corrected chi connectivity index (χ4v) is 4.11. The molecule has 9 heteroatoms. The fraction of sp³-hybridized carbons (Fsp3) is 0.545. The summed E-state index contributed by atoms with van der Waals surface area (Å²) in [5.74, 6) is -4.11. The van der Waals surface area contributed by atoms with E-state index in [9.17, 15) is 20.6 Å². The lowest BCUT2D eigenvalue weighted by molar-refractivity contribution is -0.505. The van der Waals surface area contributed by atoms with E-state index < -0.39 is 27.8 Å². The molecule has 1 aromatic rings. The van der Waals surface area contributed by atoms with Crippen LogP contribution in [0.2, 0.25) is 0 Å². The van der Waals surface area contributed by atoms with E-state index in [2.05, 4.69) is 12.1 Å². The highest BCUT2D eigenvalue weighted by Crippen LogP contribution is 2.66. The van der Waals surface area contributed by atoms with Crippen LogP contribution in [-0.2, 0) is 18.9 Å². The van der Waals surface area contributed by atoms with Crippen molar-refractivity contribution in [2.45, 2.75) is 39.3 Å². The van der Waals surface area contributed by atoms with Crippen molar-refractivity contribution in [3.05, 3.63) is 46.0 Å². The van der Waals surface area contributed by atoms with Crippen molar-refractivity contribution in [1.82, 2.24) is 0 Å². The maximum Gasteiger partial charge on any atom is 0.269 e. The van der Waals surface area contributed by atoms with Gasteiger partial charge in [-0.25, -0.2) is 0 Å². The molecule has 0 heterocycles. The van der Waals surface area contributed by atoms with E-state index in [-0.39, 0.29) is 32.1 Å². The van der Waals surface area contributed by atoms with E-state index in [1.54, 1.807) is 52.0 Å². The maximum absolute atomic E-state index is 10.9. The number of nitro benzene ring substituents is 1. The van der Waals surface area contributed by atoms with Gasteiger partial charge in [-0.1, -0.05) is 12.2 Å². The number of rotatable bonds is 11. The first kappa shape index (κ1) is 24.4. The van der Waals surface area contributed by atoms with E-state index in [0.29, 0.717) is 5.56 Å². The minimum Gasteiger partial charge on any atom is -0.345 e. The molecular weight excluding hydrogens is 402 g/mol. The molecule has 2 rings (SSSR count). The fourth-order valence-electron chi connectivity index (χ4n) is 4.11. The number of benzene rings is 1. The van der Waals surface area contributed by atoms with Gasteiger partial charge in [0, 0.05) is 38.6 Å². The Kier molecular flexibility index (Phi) is 7.88. The van der Waals surface area contributed by atoms with E-state index in [4.69, 9.17) is 18.9 Å². The van der Waals surface area contributed by atoms with Gasteiger partial charge in [0.1, 0.15) is 0 Å². The molecule has 1 aliphatic carbocycles. The molecule has 1 aliphatic rings. The highest BCUT2D eigenvalue weighted by Gasteiger charge is 2.86. The van der Waals surface area contributed by atoms with Crippen molar-refractivity contribution in [1.29, 1.82) is 10.5 Å². The molecule has 0 aromatic heterocycles. The van der Waals surface area contributed by atoms with Crippen molar-refractivity contribution in [3.8, 4) is 12.1 Å². The number of nitriles is 2. The molecule has 1 aromatic carbocycles. The smallest absolute Gasteiger partial charge is 0.269 e. The van der Waals surface area contributed by atoms with Gasteiger partial charge in [-0.3, -0.25) is 10.1 Å². The third-order valence-electron chi connectivity index (χ3n) is 5.20. The largest absolute Gasteiger partial charge is 0.345 e. The van der Waals surface area contributed by atoms with E-state index in [1.807, 2.05) is 0 Å². The first-order chi connectivity index (χ1) is 14.9. The number of nitro groups is 1. The molecular formula is C22H27N3O6. The first-order valence-corrected chi connectivity index (χ1v) is 10.2. The normalized spacial score (nSPS) is 20.5. The van der Waals surface area contributed by atoms with Crippen LogP contribution in [0.4, 0.5) is 5.69 Å². The first-order valence-electron chi connectivity index (χ1n) is 10.2. The summed E-state index contributed by atoms with van der Waals surface area (Å²) in [4.78, 5) is 10.4. The SMILES string of the molecule is CCOC1(OCC)[C@@H](/C=C/c2ccc([N+](=O)[O-])cc2)C(C#N)(C#N)C1(OCC)OCC. The van der Waals surface area contributed by atoms with Crippen LogP contribution >= 0.6 is 0 Å². The van der Waals surface area contributed by atoms with Crippen LogP contribution in [-0.4, -0.2) is 42.9 Å². The van der Waals surface area contributed by atoms with Crippen molar-refractivity contribution in [2.75, 3.05) is 26.4 Å². The Morgan fingerprint density at radius 1 is 0.968 bits per heavy atom. The zero-order valence-electron chi connectivity index (χ0n) is 18.2. The van der Waals surface area contributed by atoms with Gasteiger partial charge >= 0.3 is 0 Å². The van der Waals surface area contributed by atoms with Crippen LogP contribution in [0.25, 0.3) is 6.08 Å². The Balaban J connectivity index is 2.61. The Bertz CT molecular complexity index is 858. The topological polar surface area (TPSA) is 128 Å². The van der Waals surface area contributed by atoms with E-state index >= 15 is 0 Å². The number of ether oxygens (including phenoxy) is 4. The van der Waals surface area contributed by atoms with Gasteiger partial charge in [-0.15, -0.1) is 0 Å². The average Bonchev–Trinajstić information content (AvgIpc) is 2.76. The quantitative estimate of drug-likeness (QED) is 0.295. The van der Waals surface area contributed by atoms with Crippen LogP contribution in [0.3, 0.4) is 0 Å². The summed E-state index contributed by atoms with van der Waals surface area (Å²) in [6.45, 7) is 7.84. The van der Waals surface area contributed by atoms with Gasteiger partial charge in [0.25, 0.3) is 11.5 Å². The van der Waals surface area contributed by atoms with Gasteiger partial charge in [-0.2, -0.15) is 10.5 Å². The molecule has 0 N–H and O–H groups in total. The molecule has 31 heavy (non-hydrogen) atoms. The van der Waals surface area contributed by atoms with Crippen LogP contribution in [0, 0.1) is 44.1 Å². The summed E-state index contributed by atoms with van der Waals surface area (Å²) in [5.41, 5.74) is -1.11. The minimum atomic E-state index is -1.75. The molecule has 0 amide bonds.